The molecule has 0 bridgehead atoms. The fourth-order valence-electron chi connectivity index (χ4n) is 2.36. The molecule has 3 rings (SSSR count). The van der Waals surface area contributed by atoms with Crippen molar-refractivity contribution in [2.45, 2.75) is 19.1 Å². The Hall–Kier alpha value is -2.96. The molecule has 0 N–H and O–H groups in total. The zero-order valence-corrected chi connectivity index (χ0v) is 12.5. The van der Waals surface area contributed by atoms with Gasteiger partial charge in [0.1, 0.15) is 11.6 Å². The molecule has 1 aromatic carbocycles. The number of hydrogen-bond donors (Lipinski definition) is 0. The van der Waals surface area contributed by atoms with Crippen LogP contribution in [0.4, 0.5) is 5.69 Å². The lowest BCUT2D eigenvalue weighted by molar-refractivity contribution is -0.145. The number of nitrogens with zero attached hydrogens (tertiary/aromatic N) is 3. The van der Waals surface area contributed by atoms with Crippen molar-refractivity contribution >= 4 is 17.6 Å². The van der Waals surface area contributed by atoms with Gasteiger partial charge in [-0.2, -0.15) is 0 Å². The normalized spacial score (nSPS) is 16.5. The molecule has 2 heterocycles. The van der Waals surface area contributed by atoms with Crippen LogP contribution in [0.3, 0.4) is 0 Å². The predicted octanol–water partition coefficient (Wildman–Crippen LogP) is 1.33. The maximum atomic E-state index is 12.7. The summed E-state index contributed by atoms with van der Waals surface area (Å²) in [5, 5.41) is 0. The standard InChI is InChI=1S/C16H15N3O4/c1-22-15(20)9-13-16(21)19(10-14-17-7-4-8-18-14)11-5-2-3-6-12(11)23-13/h2-8,13H,9-10H2,1H3. The number of ether oxygens (including phenoxy) is 2. The molecule has 1 amide bonds. The van der Waals surface area contributed by atoms with Gasteiger partial charge >= 0.3 is 5.97 Å². The molecule has 2 aromatic rings. The molecule has 1 aromatic heterocycles. The number of benzene rings is 1. The molecule has 1 atom stereocenters. The fraction of sp³-hybridized carbons (Fsp3) is 0.250. The van der Waals surface area contributed by atoms with E-state index in [2.05, 4.69) is 14.7 Å². The van der Waals surface area contributed by atoms with Crippen LogP contribution in [0.15, 0.2) is 42.7 Å². The van der Waals surface area contributed by atoms with E-state index in [-0.39, 0.29) is 18.9 Å². The van der Waals surface area contributed by atoms with Gasteiger partial charge in [-0.3, -0.25) is 14.5 Å². The molecular weight excluding hydrogens is 298 g/mol. The smallest absolute Gasteiger partial charge is 0.309 e. The minimum atomic E-state index is -0.916. The van der Waals surface area contributed by atoms with E-state index in [1.165, 1.54) is 12.0 Å². The Labute approximate surface area is 132 Å². The van der Waals surface area contributed by atoms with Gasteiger partial charge < -0.3 is 9.47 Å². The topological polar surface area (TPSA) is 81.6 Å². The number of aromatic nitrogens is 2. The van der Waals surface area contributed by atoms with Gasteiger partial charge in [-0.15, -0.1) is 0 Å². The molecule has 0 saturated carbocycles. The summed E-state index contributed by atoms with van der Waals surface area (Å²) in [6, 6.07) is 8.87. The van der Waals surface area contributed by atoms with Crippen molar-refractivity contribution in [2.24, 2.45) is 0 Å². The highest BCUT2D eigenvalue weighted by molar-refractivity contribution is 6.01. The summed E-state index contributed by atoms with van der Waals surface area (Å²) in [5.41, 5.74) is 0.631. The van der Waals surface area contributed by atoms with Gasteiger partial charge in [0.25, 0.3) is 5.91 Å². The lowest BCUT2D eigenvalue weighted by Crippen LogP contribution is -2.46. The van der Waals surface area contributed by atoms with Gasteiger partial charge in [0.05, 0.1) is 25.8 Å². The lowest BCUT2D eigenvalue weighted by atomic mass is 10.1. The SMILES string of the molecule is COC(=O)CC1Oc2ccccc2N(Cc2ncccn2)C1=O. The molecule has 0 spiro atoms. The van der Waals surface area contributed by atoms with Crippen molar-refractivity contribution in [3.05, 3.63) is 48.5 Å². The summed E-state index contributed by atoms with van der Waals surface area (Å²) in [6.07, 6.45) is 2.17. The highest BCUT2D eigenvalue weighted by Gasteiger charge is 2.36. The highest BCUT2D eigenvalue weighted by Crippen LogP contribution is 2.35. The Morgan fingerprint density at radius 2 is 2.00 bits per heavy atom. The van der Waals surface area contributed by atoms with E-state index in [0.29, 0.717) is 17.3 Å². The van der Waals surface area contributed by atoms with Crippen LogP contribution in [0.25, 0.3) is 0 Å². The molecule has 0 aliphatic carbocycles. The number of anilines is 1. The fourth-order valence-corrected chi connectivity index (χ4v) is 2.36. The van der Waals surface area contributed by atoms with E-state index in [4.69, 9.17) is 4.74 Å². The Balaban J connectivity index is 1.91. The number of carbonyl (C=O) groups is 2. The van der Waals surface area contributed by atoms with Gasteiger partial charge in [-0.25, -0.2) is 9.97 Å². The van der Waals surface area contributed by atoms with Crippen LogP contribution in [0, 0.1) is 0 Å². The minimum Gasteiger partial charge on any atom is -0.478 e. The van der Waals surface area contributed by atoms with E-state index in [1.54, 1.807) is 36.7 Å². The molecule has 23 heavy (non-hydrogen) atoms. The number of fused-ring (bicyclic) bond motifs is 1. The molecule has 0 saturated heterocycles. The molecule has 1 aliphatic heterocycles. The number of esters is 1. The minimum absolute atomic E-state index is 0.143. The Morgan fingerprint density at radius 3 is 2.74 bits per heavy atom. The largest absolute Gasteiger partial charge is 0.478 e. The molecule has 0 radical (unpaired) electrons. The first kappa shape index (κ1) is 15.0. The third-order valence-electron chi connectivity index (χ3n) is 3.47. The Morgan fingerprint density at radius 1 is 1.26 bits per heavy atom. The van der Waals surface area contributed by atoms with Crippen LogP contribution >= 0.6 is 0 Å². The molecule has 7 nitrogen and oxygen atoms in total. The average molecular weight is 313 g/mol. The van der Waals surface area contributed by atoms with Crippen molar-refractivity contribution < 1.29 is 19.1 Å². The second-order valence-electron chi connectivity index (χ2n) is 4.94. The van der Waals surface area contributed by atoms with E-state index in [9.17, 15) is 9.59 Å². The molecule has 118 valence electrons. The number of methoxy groups -OCH3 is 1. The van der Waals surface area contributed by atoms with Crippen LogP contribution in [0.5, 0.6) is 5.75 Å². The second-order valence-corrected chi connectivity index (χ2v) is 4.94. The molecule has 0 fully saturated rings. The van der Waals surface area contributed by atoms with Crippen molar-refractivity contribution in [3.8, 4) is 5.75 Å². The van der Waals surface area contributed by atoms with Crippen molar-refractivity contribution in [1.29, 1.82) is 0 Å². The molecule has 7 heteroatoms. The second kappa shape index (κ2) is 6.43. The third-order valence-corrected chi connectivity index (χ3v) is 3.47. The van der Waals surface area contributed by atoms with E-state index in [1.807, 2.05) is 6.07 Å². The molecular formula is C16H15N3O4. The first-order valence-corrected chi connectivity index (χ1v) is 7.09. The van der Waals surface area contributed by atoms with Crippen molar-refractivity contribution in [1.82, 2.24) is 9.97 Å². The molecule has 1 unspecified atom stereocenters. The number of carbonyl (C=O) groups excluding carboxylic acids is 2. The number of amides is 1. The predicted molar refractivity (Wildman–Crippen MR) is 80.7 cm³/mol. The zero-order valence-electron chi connectivity index (χ0n) is 12.5. The Kier molecular flexibility index (Phi) is 4.18. The van der Waals surface area contributed by atoms with Crippen LogP contribution in [-0.4, -0.2) is 35.1 Å². The number of rotatable bonds is 4. The van der Waals surface area contributed by atoms with Crippen molar-refractivity contribution in [2.75, 3.05) is 12.0 Å². The van der Waals surface area contributed by atoms with Crippen LogP contribution in [0.1, 0.15) is 12.2 Å². The zero-order chi connectivity index (χ0) is 16.2. The van der Waals surface area contributed by atoms with Gasteiger partial charge in [-0.1, -0.05) is 12.1 Å². The number of hydrogen-bond acceptors (Lipinski definition) is 6. The monoisotopic (exact) mass is 313 g/mol. The summed E-state index contributed by atoms with van der Waals surface area (Å²) in [5.74, 6) is 0.228. The summed E-state index contributed by atoms with van der Waals surface area (Å²) >= 11 is 0. The molecule has 1 aliphatic rings. The summed E-state index contributed by atoms with van der Waals surface area (Å²) in [4.78, 5) is 34.0. The summed E-state index contributed by atoms with van der Waals surface area (Å²) in [7, 11) is 1.28. The average Bonchev–Trinajstić information content (AvgIpc) is 2.59. The third kappa shape index (κ3) is 3.13. The van der Waals surface area contributed by atoms with Crippen molar-refractivity contribution in [3.63, 3.8) is 0 Å². The van der Waals surface area contributed by atoms with Gasteiger partial charge in [0.2, 0.25) is 0 Å². The van der Waals surface area contributed by atoms with Gasteiger partial charge in [0.15, 0.2) is 6.10 Å². The van der Waals surface area contributed by atoms with E-state index >= 15 is 0 Å². The van der Waals surface area contributed by atoms with Crippen LogP contribution in [0.2, 0.25) is 0 Å². The Bertz CT molecular complexity index is 720. The van der Waals surface area contributed by atoms with E-state index < -0.39 is 12.1 Å². The summed E-state index contributed by atoms with van der Waals surface area (Å²) in [6.45, 7) is 0.206. The highest BCUT2D eigenvalue weighted by atomic mass is 16.5. The maximum Gasteiger partial charge on any atom is 0.309 e. The quantitative estimate of drug-likeness (QED) is 0.792. The van der Waals surface area contributed by atoms with E-state index in [0.717, 1.165) is 0 Å². The summed E-state index contributed by atoms with van der Waals surface area (Å²) < 4.78 is 10.3. The van der Waals surface area contributed by atoms with Gasteiger partial charge in [-0.05, 0) is 18.2 Å². The number of para-hydroxylation sites is 2. The van der Waals surface area contributed by atoms with Crippen LogP contribution < -0.4 is 9.64 Å². The lowest BCUT2D eigenvalue weighted by Gasteiger charge is -2.33. The van der Waals surface area contributed by atoms with Gasteiger partial charge in [0, 0.05) is 12.4 Å². The van der Waals surface area contributed by atoms with Crippen LogP contribution in [-0.2, 0) is 20.9 Å². The first-order chi connectivity index (χ1) is 11.2. The maximum absolute atomic E-state index is 12.7. The first-order valence-electron chi connectivity index (χ1n) is 7.09.